The molecule has 1 rings (SSSR count). The zero-order chi connectivity index (χ0) is 13.1. The van der Waals surface area contributed by atoms with E-state index < -0.39 is 16.1 Å². The minimum absolute atomic E-state index is 0.0117. The number of aliphatic hydroxyl groups is 1. The number of nitrogens with one attached hydrogen (secondary N) is 1. The molecule has 1 atom stereocenters. The standard InChI is InChI=1S/C10H13Br2NO3S/c1-2-8(14)6-13-17(15,16)10-5-7(11)3-4-9(10)12/h3-5,8,13-14H,2,6H2,1H3. The van der Waals surface area contributed by atoms with Crippen molar-refractivity contribution in [1.29, 1.82) is 0 Å². The van der Waals surface area contributed by atoms with Crippen molar-refractivity contribution < 1.29 is 13.5 Å². The monoisotopic (exact) mass is 385 g/mol. The predicted octanol–water partition coefficient (Wildman–Crippen LogP) is 2.26. The highest BCUT2D eigenvalue weighted by molar-refractivity contribution is 9.11. The van der Waals surface area contributed by atoms with E-state index in [4.69, 9.17) is 0 Å². The maximum Gasteiger partial charge on any atom is 0.241 e. The second-order valence-electron chi connectivity index (χ2n) is 3.49. The van der Waals surface area contributed by atoms with Gasteiger partial charge in [-0.15, -0.1) is 0 Å². The van der Waals surface area contributed by atoms with Crippen LogP contribution in [0.5, 0.6) is 0 Å². The Bertz CT molecular complexity index is 490. The van der Waals surface area contributed by atoms with E-state index in [1.807, 2.05) is 0 Å². The number of halogens is 2. The van der Waals surface area contributed by atoms with Crippen LogP contribution < -0.4 is 4.72 Å². The summed E-state index contributed by atoms with van der Waals surface area (Å²) in [7, 11) is -3.61. The number of rotatable bonds is 5. The molecule has 96 valence electrons. The van der Waals surface area contributed by atoms with Gasteiger partial charge in [0.25, 0.3) is 0 Å². The van der Waals surface area contributed by atoms with Crippen LogP contribution in [-0.4, -0.2) is 26.2 Å². The summed E-state index contributed by atoms with van der Waals surface area (Å²) in [4.78, 5) is 0.148. The molecule has 1 unspecified atom stereocenters. The molecule has 0 aliphatic heterocycles. The molecule has 4 nitrogen and oxygen atoms in total. The van der Waals surface area contributed by atoms with Gasteiger partial charge < -0.3 is 5.11 Å². The zero-order valence-electron chi connectivity index (χ0n) is 9.15. The van der Waals surface area contributed by atoms with Crippen LogP contribution in [0.4, 0.5) is 0 Å². The Hall–Kier alpha value is 0.0500. The zero-order valence-corrected chi connectivity index (χ0v) is 13.1. The molecular formula is C10H13Br2NO3S. The highest BCUT2D eigenvalue weighted by Gasteiger charge is 2.18. The van der Waals surface area contributed by atoms with E-state index in [9.17, 15) is 13.5 Å². The number of hydrogen-bond acceptors (Lipinski definition) is 3. The van der Waals surface area contributed by atoms with Gasteiger partial charge in [-0.3, -0.25) is 0 Å². The SMILES string of the molecule is CCC(O)CNS(=O)(=O)c1cc(Br)ccc1Br. The van der Waals surface area contributed by atoms with Gasteiger partial charge in [0.05, 0.1) is 11.0 Å². The Morgan fingerprint density at radius 2 is 2.06 bits per heavy atom. The maximum absolute atomic E-state index is 12.0. The normalized spacial score (nSPS) is 13.6. The lowest BCUT2D eigenvalue weighted by Crippen LogP contribution is -2.32. The molecule has 0 aliphatic rings. The van der Waals surface area contributed by atoms with Crippen molar-refractivity contribution in [3.05, 3.63) is 27.1 Å². The van der Waals surface area contributed by atoms with Crippen molar-refractivity contribution in [1.82, 2.24) is 4.72 Å². The first-order chi connectivity index (χ1) is 7.86. The van der Waals surface area contributed by atoms with E-state index in [2.05, 4.69) is 36.6 Å². The smallest absolute Gasteiger partial charge is 0.241 e. The largest absolute Gasteiger partial charge is 0.392 e. The van der Waals surface area contributed by atoms with Crippen molar-refractivity contribution in [3.63, 3.8) is 0 Å². The van der Waals surface area contributed by atoms with E-state index >= 15 is 0 Å². The first-order valence-corrected chi connectivity index (χ1v) is 8.06. The summed E-state index contributed by atoms with van der Waals surface area (Å²) in [5, 5.41) is 9.34. The third-order valence-electron chi connectivity index (χ3n) is 2.16. The van der Waals surface area contributed by atoms with Gasteiger partial charge >= 0.3 is 0 Å². The number of benzene rings is 1. The molecule has 0 saturated carbocycles. The molecule has 0 radical (unpaired) electrons. The molecule has 2 N–H and O–H groups in total. The van der Waals surface area contributed by atoms with E-state index in [1.54, 1.807) is 19.1 Å². The molecule has 0 fully saturated rings. The number of aliphatic hydroxyl groups excluding tert-OH is 1. The molecule has 7 heteroatoms. The van der Waals surface area contributed by atoms with Crippen molar-refractivity contribution >= 4 is 41.9 Å². The molecule has 1 aromatic rings. The molecule has 0 aliphatic carbocycles. The van der Waals surface area contributed by atoms with Crippen molar-refractivity contribution in [3.8, 4) is 0 Å². The van der Waals surface area contributed by atoms with E-state index in [-0.39, 0.29) is 11.4 Å². The van der Waals surface area contributed by atoms with Gasteiger partial charge in [-0.2, -0.15) is 0 Å². The summed E-state index contributed by atoms with van der Waals surface area (Å²) in [6.07, 6.45) is -0.168. The molecule has 1 aromatic carbocycles. The topological polar surface area (TPSA) is 66.4 Å². The Morgan fingerprint density at radius 1 is 1.41 bits per heavy atom. The Labute approximate surface area is 118 Å². The highest BCUT2D eigenvalue weighted by atomic mass is 79.9. The first-order valence-electron chi connectivity index (χ1n) is 4.99. The van der Waals surface area contributed by atoms with Crippen LogP contribution in [0.3, 0.4) is 0 Å². The van der Waals surface area contributed by atoms with Gasteiger partial charge in [0.1, 0.15) is 0 Å². The maximum atomic E-state index is 12.0. The molecule has 0 bridgehead atoms. The summed E-state index contributed by atoms with van der Waals surface area (Å²) in [5.41, 5.74) is 0. The van der Waals surface area contributed by atoms with E-state index in [0.717, 1.165) is 0 Å². The molecule has 0 aromatic heterocycles. The van der Waals surface area contributed by atoms with Crippen molar-refractivity contribution in [2.24, 2.45) is 0 Å². The quantitative estimate of drug-likeness (QED) is 0.815. The summed E-state index contributed by atoms with van der Waals surface area (Å²) in [5.74, 6) is 0. The van der Waals surface area contributed by atoms with Gasteiger partial charge in [0.15, 0.2) is 0 Å². The first kappa shape index (κ1) is 15.1. The minimum Gasteiger partial charge on any atom is -0.392 e. The fraction of sp³-hybridized carbons (Fsp3) is 0.400. The van der Waals surface area contributed by atoms with Crippen LogP contribution in [0, 0.1) is 0 Å². The molecule has 0 saturated heterocycles. The number of sulfonamides is 1. The molecule has 0 heterocycles. The predicted molar refractivity (Wildman–Crippen MR) is 73.3 cm³/mol. The molecular weight excluding hydrogens is 374 g/mol. The summed E-state index contributed by atoms with van der Waals surface area (Å²) < 4.78 is 27.4. The molecule has 0 spiro atoms. The van der Waals surface area contributed by atoms with Crippen LogP contribution in [-0.2, 0) is 10.0 Å². The summed E-state index contributed by atoms with van der Waals surface area (Å²) in [6.45, 7) is 1.80. The van der Waals surface area contributed by atoms with E-state index in [0.29, 0.717) is 15.4 Å². The van der Waals surface area contributed by atoms with Crippen LogP contribution in [0.15, 0.2) is 32.0 Å². The van der Waals surface area contributed by atoms with Crippen LogP contribution in [0.1, 0.15) is 13.3 Å². The van der Waals surface area contributed by atoms with Crippen LogP contribution >= 0.6 is 31.9 Å². The minimum atomic E-state index is -3.61. The average Bonchev–Trinajstić information content (AvgIpc) is 2.29. The lowest BCUT2D eigenvalue weighted by Gasteiger charge is -2.11. The Morgan fingerprint density at radius 3 is 2.65 bits per heavy atom. The van der Waals surface area contributed by atoms with Crippen LogP contribution in [0.2, 0.25) is 0 Å². The summed E-state index contributed by atoms with van der Waals surface area (Å²) in [6, 6.07) is 4.89. The highest BCUT2D eigenvalue weighted by Crippen LogP contribution is 2.25. The van der Waals surface area contributed by atoms with Crippen molar-refractivity contribution in [2.45, 2.75) is 24.3 Å². The Kier molecular flexibility index (Phi) is 5.59. The third kappa shape index (κ3) is 4.33. The fourth-order valence-electron chi connectivity index (χ4n) is 1.11. The molecule has 0 amide bonds. The van der Waals surface area contributed by atoms with Gasteiger partial charge in [-0.05, 0) is 40.5 Å². The van der Waals surface area contributed by atoms with Gasteiger partial charge in [-0.1, -0.05) is 22.9 Å². The Balaban J connectivity index is 2.93. The lowest BCUT2D eigenvalue weighted by atomic mass is 10.3. The van der Waals surface area contributed by atoms with Crippen molar-refractivity contribution in [2.75, 3.05) is 6.54 Å². The van der Waals surface area contributed by atoms with E-state index in [1.165, 1.54) is 6.07 Å². The second-order valence-corrected chi connectivity index (χ2v) is 6.99. The second kappa shape index (κ2) is 6.29. The van der Waals surface area contributed by atoms with Gasteiger partial charge in [0, 0.05) is 15.5 Å². The van der Waals surface area contributed by atoms with Crippen LogP contribution in [0.25, 0.3) is 0 Å². The van der Waals surface area contributed by atoms with Gasteiger partial charge in [-0.25, -0.2) is 13.1 Å². The number of hydrogen-bond donors (Lipinski definition) is 2. The third-order valence-corrected chi connectivity index (χ3v) is 5.07. The lowest BCUT2D eigenvalue weighted by molar-refractivity contribution is 0.174. The van der Waals surface area contributed by atoms with Gasteiger partial charge in [0.2, 0.25) is 10.0 Å². The average molecular weight is 387 g/mol. The summed E-state index contributed by atoms with van der Waals surface area (Å²) >= 11 is 6.41. The molecule has 17 heavy (non-hydrogen) atoms. The fourth-order valence-corrected chi connectivity index (χ4v) is 3.68.